The van der Waals surface area contributed by atoms with Crippen molar-refractivity contribution in [3.63, 3.8) is 0 Å². The molecule has 1 aliphatic rings. The molecule has 0 aliphatic carbocycles. The van der Waals surface area contributed by atoms with E-state index in [1.807, 2.05) is 37.3 Å². The van der Waals surface area contributed by atoms with Gasteiger partial charge in [0.25, 0.3) is 0 Å². The molecule has 0 amide bonds. The summed E-state index contributed by atoms with van der Waals surface area (Å²) in [6.45, 7) is 5.82. The molecule has 1 atom stereocenters. The third-order valence-electron chi connectivity index (χ3n) is 5.15. The number of benzene rings is 2. The molecule has 1 aliphatic heterocycles. The minimum Gasteiger partial charge on any atom is -0.460 e. The van der Waals surface area contributed by atoms with Gasteiger partial charge in [0.2, 0.25) is 6.29 Å². The molecule has 0 saturated heterocycles. The zero-order valence-electron chi connectivity index (χ0n) is 16.7. The van der Waals surface area contributed by atoms with Crippen molar-refractivity contribution in [3.8, 4) is 28.2 Å². The van der Waals surface area contributed by atoms with E-state index in [1.165, 1.54) is 6.07 Å². The van der Waals surface area contributed by atoms with E-state index in [-0.39, 0.29) is 12.2 Å². The van der Waals surface area contributed by atoms with Crippen molar-refractivity contribution in [3.05, 3.63) is 99.2 Å². The zero-order valence-corrected chi connectivity index (χ0v) is 16.7. The van der Waals surface area contributed by atoms with E-state index in [4.69, 9.17) is 18.3 Å². The van der Waals surface area contributed by atoms with Crippen LogP contribution in [0.5, 0.6) is 5.75 Å². The van der Waals surface area contributed by atoms with Crippen molar-refractivity contribution in [1.29, 1.82) is 0 Å². The fourth-order valence-electron chi connectivity index (χ4n) is 3.77. The molecule has 3 heterocycles. The standard InChI is InChI=1S/C25H18O6/c1-3-10-28-25-19-12-18(17-13-22(26)29-21-11-14(2)8-9-15(17)21)24(27)31-23(19)16-6-4-5-7-20(16)30-25/h3-9,11-13,25H,1,10H2,2H3. The molecule has 2 aromatic carbocycles. The Morgan fingerprint density at radius 1 is 1.00 bits per heavy atom. The lowest BCUT2D eigenvalue weighted by molar-refractivity contribution is -0.0751. The molecule has 5 rings (SSSR count). The molecule has 1 unspecified atom stereocenters. The number of hydrogen-bond acceptors (Lipinski definition) is 6. The fourth-order valence-corrected chi connectivity index (χ4v) is 3.77. The van der Waals surface area contributed by atoms with Crippen LogP contribution in [0.3, 0.4) is 0 Å². The Morgan fingerprint density at radius 2 is 1.84 bits per heavy atom. The Hall–Kier alpha value is -3.90. The van der Waals surface area contributed by atoms with Gasteiger partial charge in [-0.1, -0.05) is 30.3 Å². The number of ether oxygens (including phenoxy) is 2. The van der Waals surface area contributed by atoms with Gasteiger partial charge in [-0.25, -0.2) is 9.59 Å². The second-order valence-corrected chi connectivity index (χ2v) is 7.28. The lowest BCUT2D eigenvalue weighted by Crippen LogP contribution is -2.20. The van der Waals surface area contributed by atoms with Crippen LogP contribution >= 0.6 is 0 Å². The Morgan fingerprint density at radius 3 is 2.68 bits per heavy atom. The first-order valence-corrected chi connectivity index (χ1v) is 9.76. The van der Waals surface area contributed by atoms with Crippen LogP contribution in [0.25, 0.3) is 33.4 Å². The van der Waals surface area contributed by atoms with Gasteiger partial charge in [-0.05, 0) is 36.8 Å². The van der Waals surface area contributed by atoms with Crippen molar-refractivity contribution < 1.29 is 18.3 Å². The molecular weight excluding hydrogens is 396 g/mol. The molecule has 0 radical (unpaired) electrons. The number of para-hydroxylation sites is 1. The first kappa shape index (κ1) is 19.1. The van der Waals surface area contributed by atoms with Gasteiger partial charge in [-0.15, -0.1) is 6.58 Å². The third-order valence-corrected chi connectivity index (χ3v) is 5.15. The normalized spacial score (nSPS) is 14.5. The molecule has 6 nitrogen and oxygen atoms in total. The Kier molecular flexibility index (Phi) is 4.56. The van der Waals surface area contributed by atoms with E-state index >= 15 is 0 Å². The molecular formula is C25H18O6. The topological polar surface area (TPSA) is 78.9 Å². The maximum absolute atomic E-state index is 13.0. The summed E-state index contributed by atoms with van der Waals surface area (Å²) >= 11 is 0. The number of aryl methyl sites for hydroxylation is 1. The minimum atomic E-state index is -0.792. The Balaban J connectivity index is 1.77. The maximum Gasteiger partial charge on any atom is 0.344 e. The van der Waals surface area contributed by atoms with Gasteiger partial charge in [0.1, 0.15) is 11.3 Å². The van der Waals surface area contributed by atoms with E-state index in [1.54, 1.807) is 24.3 Å². The lowest BCUT2D eigenvalue weighted by Gasteiger charge is -2.27. The summed E-state index contributed by atoms with van der Waals surface area (Å²) in [5, 5.41) is 0.637. The van der Waals surface area contributed by atoms with Crippen LogP contribution in [-0.4, -0.2) is 6.61 Å². The summed E-state index contributed by atoms with van der Waals surface area (Å²) in [4.78, 5) is 25.2. The first-order chi connectivity index (χ1) is 15.0. The van der Waals surface area contributed by atoms with E-state index in [2.05, 4.69) is 6.58 Å². The van der Waals surface area contributed by atoms with Gasteiger partial charge in [-0.2, -0.15) is 0 Å². The van der Waals surface area contributed by atoms with E-state index in [0.29, 0.717) is 39.2 Å². The van der Waals surface area contributed by atoms with Gasteiger partial charge >= 0.3 is 11.3 Å². The monoisotopic (exact) mass is 414 g/mol. The smallest absolute Gasteiger partial charge is 0.344 e. The Bertz CT molecular complexity index is 1440. The minimum absolute atomic E-state index is 0.232. The predicted molar refractivity (Wildman–Crippen MR) is 116 cm³/mol. The Labute approximate surface area is 177 Å². The third kappa shape index (κ3) is 3.27. The van der Waals surface area contributed by atoms with E-state index in [0.717, 1.165) is 5.56 Å². The summed E-state index contributed by atoms with van der Waals surface area (Å²) in [5.74, 6) is 0.939. The summed E-state index contributed by atoms with van der Waals surface area (Å²) < 4.78 is 22.9. The maximum atomic E-state index is 13.0. The molecule has 0 N–H and O–H groups in total. The van der Waals surface area contributed by atoms with Crippen LogP contribution < -0.4 is 16.0 Å². The van der Waals surface area contributed by atoms with Gasteiger partial charge in [0.05, 0.1) is 23.3 Å². The van der Waals surface area contributed by atoms with Crippen LogP contribution in [0.2, 0.25) is 0 Å². The fraction of sp³-hybridized carbons (Fsp3) is 0.120. The van der Waals surface area contributed by atoms with E-state index in [9.17, 15) is 9.59 Å². The highest BCUT2D eigenvalue weighted by Crippen LogP contribution is 2.43. The molecule has 154 valence electrons. The van der Waals surface area contributed by atoms with Crippen LogP contribution in [0.15, 0.2) is 85.7 Å². The van der Waals surface area contributed by atoms with Gasteiger partial charge < -0.3 is 18.3 Å². The van der Waals surface area contributed by atoms with Crippen molar-refractivity contribution in [2.24, 2.45) is 0 Å². The zero-order chi connectivity index (χ0) is 21.5. The second kappa shape index (κ2) is 7.41. The second-order valence-electron chi connectivity index (χ2n) is 7.28. The van der Waals surface area contributed by atoms with Crippen LogP contribution in [-0.2, 0) is 4.74 Å². The summed E-state index contributed by atoms with van der Waals surface area (Å²) in [6.07, 6.45) is 0.821. The SMILES string of the molecule is C=CCOC1Oc2ccccc2-c2oc(=O)c(-c3cc(=O)oc4cc(C)ccc34)cc21. The number of hydrogen-bond donors (Lipinski definition) is 0. The largest absolute Gasteiger partial charge is 0.460 e. The summed E-state index contributed by atoms with van der Waals surface area (Å²) in [5.41, 5.74) is 2.11. The molecule has 6 heteroatoms. The molecule has 31 heavy (non-hydrogen) atoms. The van der Waals surface area contributed by atoms with Gasteiger partial charge in [-0.3, -0.25) is 0 Å². The highest BCUT2D eigenvalue weighted by molar-refractivity contribution is 5.93. The van der Waals surface area contributed by atoms with Crippen LogP contribution in [0.4, 0.5) is 0 Å². The predicted octanol–water partition coefficient (Wildman–Crippen LogP) is 4.98. The van der Waals surface area contributed by atoms with Crippen LogP contribution in [0.1, 0.15) is 17.4 Å². The molecule has 0 bridgehead atoms. The quantitative estimate of drug-likeness (QED) is 0.346. The molecule has 0 spiro atoms. The molecule has 4 aromatic rings. The van der Waals surface area contributed by atoms with Crippen LogP contribution in [0, 0.1) is 6.92 Å². The lowest BCUT2D eigenvalue weighted by atomic mass is 9.97. The summed E-state index contributed by atoms with van der Waals surface area (Å²) in [7, 11) is 0. The average Bonchev–Trinajstić information content (AvgIpc) is 2.76. The number of rotatable bonds is 4. The average molecular weight is 414 g/mol. The highest BCUT2D eigenvalue weighted by Gasteiger charge is 2.30. The van der Waals surface area contributed by atoms with Crippen molar-refractivity contribution in [2.75, 3.05) is 6.61 Å². The highest BCUT2D eigenvalue weighted by atomic mass is 16.7. The van der Waals surface area contributed by atoms with Crippen molar-refractivity contribution in [2.45, 2.75) is 13.2 Å². The van der Waals surface area contributed by atoms with E-state index < -0.39 is 17.5 Å². The summed E-state index contributed by atoms with van der Waals surface area (Å²) in [6, 6.07) is 15.7. The molecule has 2 aromatic heterocycles. The van der Waals surface area contributed by atoms with Crippen molar-refractivity contribution >= 4 is 11.0 Å². The molecule has 0 saturated carbocycles. The van der Waals surface area contributed by atoms with Gasteiger partial charge in [0, 0.05) is 17.0 Å². The van der Waals surface area contributed by atoms with Gasteiger partial charge in [0.15, 0.2) is 5.76 Å². The molecule has 0 fully saturated rings. The number of fused-ring (bicyclic) bond motifs is 4. The first-order valence-electron chi connectivity index (χ1n) is 9.76. The van der Waals surface area contributed by atoms with Crippen molar-refractivity contribution in [1.82, 2.24) is 0 Å².